The lowest BCUT2D eigenvalue weighted by Crippen LogP contribution is -2.48. The van der Waals surface area contributed by atoms with Crippen LogP contribution >= 0.6 is 24.0 Å². The fraction of sp³-hybridized carbons (Fsp3) is 0.750. The molecule has 2 aliphatic heterocycles. The van der Waals surface area contributed by atoms with Gasteiger partial charge in [-0.05, 0) is 36.8 Å². The Morgan fingerprint density at radius 3 is 2.57 bits per heavy atom. The summed E-state index contributed by atoms with van der Waals surface area (Å²) in [6.07, 6.45) is 1.49. The van der Waals surface area contributed by atoms with Crippen molar-refractivity contribution in [2.75, 3.05) is 13.2 Å². The van der Waals surface area contributed by atoms with Gasteiger partial charge in [-0.3, -0.25) is 9.69 Å². The summed E-state index contributed by atoms with van der Waals surface area (Å²) in [5, 5.41) is 0.853. The summed E-state index contributed by atoms with van der Waals surface area (Å²) in [6.45, 7) is 14.2. The fourth-order valence-electron chi connectivity index (χ4n) is 2.28. The Labute approximate surface area is 150 Å². The van der Waals surface area contributed by atoms with E-state index in [-0.39, 0.29) is 16.3 Å². The average Bonchev–Trinajstić information content (AvgIpc) is 2.74. The third kappa shape index (κ3) is 3.83. The largest absolute Gasteiger partial charge is 0.479 e. The number of carbonyl (C=O) groups excluding carboxylic acids is 1. The molecule has 7 heteroatoms. The number of nitrogens with zero attached hydrogens (tertiary/aromatic N) is 1. The molecule has 0 aromatic heterocycles. The third-order valence-corrected chi connectivity index (χ3v) is 11.1. The van der Waals surface area contributed by atoms with E-state index in [4.69, 9.17) is 21.4 Å². The summed E-state index contributed by atoms with van der Waals surface area (Å²) < 4.78 is 11.8. The summed E-state index contributed by atoms with van der Waals surface area (Å²) in [4.78, 5) is 14.8. The Hall–Kier alpha value is -0.373. The van der Waals surface area contributed by atoms with Crippen LogP contribution in [-0.4, -0.2) is 42.8 Å². The predicted octanol–water partition coefficient (Wildman–Crippen LogP) is 4.28. The Morgan fingerprint density at radius 1 is 1.39 bits per heavy atom. The Morgan fingerprint density at radius 2 is 2.04 bits per heavy atom. The molecule has 2 aliphatic rings. The monoisotopic (exact) mass is 373 g/mol. The Bertz CT molecular complexity index is 540. The maximum Gasteiger partial charge on any atom is 0.231 e. The number of amides is 1. The van der Waals surface area contributed by atoms with Gasteiger partial charge < -0.3 is 9.16 Å². The summed E-state index contributed by atoms with van der Waals surface area (Å²) in [5.41, 5.74) is 0.820. The van der Waals surface area contributed by atoms with Crippen molar-refractivity contribution in [2.45, 2.75) is 64.0 Å². The fourth-order valence-corrected chi connectivity index (χ4v) is 5.03. The molecule has 0 radical (unpaired) electrons. The molecule has 0 aromatic rings. The maximum absolute atomic E-state index is 11.8. The van der Waals surface area contributed by atoms with Crippen LogP contribution in [0.4, 0.5) is 0 Å². The molecule has 1 atom stereocenters. The lowest BCUT2D eigenvalue weighted by Gasteiger charge is -2.36. The zero-order chi connectivity index (χ0) is 17.4. The molecular formula is C16H27NO3S2Si. The molecule has 0 aromatic carbocycles. The smallest absolute Gasteiger partial charge is 0.231 e. The van der Waals surface area contributed by atoms with Gasteiger partial charge in [0, 0.05) is 4.91 Å². The van der Waals surface area contributed by atoms with Gasteiger partial charge in [0.2, 0.25) is 11.0 Å². The number of thioether (sulfide) groups is 1. The number of thiocarbonyl (C=S) groups is 1. The van der Waals surface area contributed by atoms with E-state index >= 15 is 0 Å². The number of hydrogen-bond donors (Lipinski definition) is 0. The number of fused-ring (bicyclic) bond motifs is 1. The van der Waals surface area contributed by atoms with Crippen molar-refractivity contribution in [1.29, 1.82) is 0 Å². The second kappa shape index (κ2) is 6.86. The molecule has 1 amide bonds. The molecule has 0 aliphatic carbocycles. The Kier molecular flexibility index (Phi) is 5.65. The first kappa shape index (κ1) is 19.0. The van der Waals surface area contributed by atoms with Crippen molar-refractivity contribution >= 4 is 43.3 Å². The van der Waals surface area contributed by atoms with Gasteiger partial charge in [0.15, 0.2) is 8.32 Å². The number of carbonyl (C=O) groups is 1. The van der Waals surface area contributed by atoms with E-state index in [0.29, 0.717) is 24.7 Å². The highest BCUT2D eigenvalue weighted by Crippen LogP contribution is 2.47. The number of allylic oxidation sites excluding steroid dienone is 1. The lowest BCUT2D eigenvalue weighted by atomic mass is 10.1. The molecule has 4 nitrogen and oxygen atoms in total. The molecule has 0 bridgehead atoms. The van der Waals surface area contributed by atoms with E-state index in [1.807, 2.05) is 0 Å². The van der Waals surface area contributed by atoms with Crippen molar-refractivity contribution in [2.24, 2.45) is 0 Å². The number of β-lactam (4-membered cyclic amide) rings is 1. The van der Waals surface area contributed by atoms with Gasteiger partial charge in [0.25, 0.3) is 0 Å². The maximum atomic E-state index is 11.8. The summed E-state index contributed by atoms with van der Waals surface area (Å²) in [7, 11) is -1.76. The molecule has 0 N–H and O–H groups in total. The molecule has 2 heterocycles. The van der Waals surface area contributed by atoms with E-state index in [1.165, 1.54) is 0 Å². The SMILES string of the molecule is CCC1=C(C(=S)OCCO[Si](C)(C)C(C)(C)C)N2C(=O)C[C@H]2S1. The highest BCUT2D eigenvalue weighted by atomic mass is 32.2. The van der Waals surface area contributed by atoms with E-state index in [1.54, 1.807) is 16.7 Å². The van der Waals surface area contributed by atoms with Crippen molar-refractivity contribution in [3.8, 4) is 0 Å². The molecule has 1 fully saturated rings. The molecule has 23 heavy (non-hydrogen) atoms. The first-order chi connectivity index (χ1) is 10.6. The Balaban J connectivity index is 1.87. The van der Waals surface area contributed by atoms with Crippen LogP contribution in [0.5, 0.6) is 0 Å². The zero-order valence-electron chi connectivity index (χ0n) is 14.9. The lowest BCUT2D eigenvalue weighted by molar-refractivity contribution is -0.137. The topological polar surface area (TPSA) is 38.8 Å². The molecular weight excluding hydrogens is 346 g/mol. The van der Waals surface area contributed by atoms with Gasteiger partial charge in [-0.2, -0.15) is 0 Å². The normalized spacial score (nSPS) is 21.4. The zero-order valence-corrected chi connectivity index (χ0v) is 17.5. The second-order valence-corrected chi connectivity index (χ2v) is 13.9. The van der Waals surface area contributed by atoms with Crippen molar-refractivity contribution < 1.29 is 14.0 Å². The molecule has 2 rings (SSSR count). The first-order valence-electron chi connectivity index (χ1n) is 8.11. The summed E-state index contributed by atoms with van der Waals surface area (Å²) in [5.74, 6) is 0.143. The van der Waals surface area contributed by atoms with Gasteiger partial charge in [-0.15, -0.1) is 11.8 Å². The number of ether oxygens (including phenoxy) is 1. The van der Waals surface area contributed by atoms with Crippen molar-refractivity contribution in [1.82, 2.24) is 4.90 Å². The van der Waals surface area contributed by atoms with Crippen LogP contribution in [0.1, 0.15) is 40.5 Å². The van der Waals surface area contributed by atoms with Crippen LogP contribution in [-0.2, 0) is 14.0 Å². The minimum Gasteiger partial charge on any atom is -0.479 e. The molecule has 0 spiro atoms. The van der Waals surface area contributed by atoms with Crippen LogP contribution in [0.25, 0.3) is 0 Å². The van der Waals surface area contributed by atoms with E-state index in [9.17, 15) is 4.79 Å². The third-order valence-electron chi connectivity index (χ3n) is 4.79. The van der Waals surface area contributed by atoms with Gasteiger partial charge in [0.1, 0.15) is 12.3 Å². The standard InChI is InChI=1S/C16H27NO3S2Si/c1-7-11-14(17-12(18)10-13(17)22-11)15(21)19-8-9-20-23(5,6)16(2,3)4/h13H,7-10H2,1-6H3/t13-/m1/s1. The number of hydrogen-bond acceptors (Lipinski definition) is 5. The van der Waals surface area contributed by atoms with E-state index in [2.05, 4.69) is 40.8 Å². The predicted molar refractivity (Wildman–Crippen MR) is 102 cm³/mol. The molecule has 0 saturated carbocycles. The second-order valence-electron chi connectivity index (χ2n) is 7.41. The van der Waals surface area contributed by atoms with Gasteiger partial charge in [-0.25, -0.2) is 0 Å². The minimum absolute atomic E-state index is 0.143. The van der Waals surface area contributed by atoms with Crippen molar-refractivity contribution in [3.05, 3.63) is 10.6 Å². The van der Waals surface area contributed by atoms with Gasteiger partial charge in [0.05, 0.1) is 18.4 Å². The van der Waals surface area contributed by atoms with E-state index in [0.717, 1.165) is 17.0 Å². The van der Waals surface area contributed by atoms with Crippen LogP contribution in [0.3, 0.4) is 0 Å². The van der Waals surface area contributed by atoms with Crippen LogP contribution < -0.4 is 0 Å². The minimum atomic E-state index is -1.76. The number of rotatable bonds is 6. The molecule has 1 saturated heterocycles. The van der Waals surface area contributed by atoms with Crippen LogP contribution in [0, 0.1) is 0 Å². The molecule has 130 valence electrons. The highest BCUT2D eigenvalue weighted by Gasteiger charge is 2.47. The van der Waals surface area contributed by atoms with Gasteiger partial charge >= 0.3 is 0 Å². The average molecular weight is 374 g/mol. The van der Waals surface area contributed by atoms with Crippen LogP contribution in [0.2, 0.25) is 18.1 Å². The first-order valence-corrected chi connectivity index (χ1v) is 12.3. The molecule has 0 unspecified atom stereocenters. The van der Waals surface area contributed by atoms with Crippen molar-refractivity contribution in [3.63, 3.8) is 0 Å². The van der Waals surface area contributed by atoms with Crippen LogP contribution in [0.15, 0.2) is 10.6 Å². The van der Waals surface area contributed by atoms with E-state index < -0.39 is 8.32 Å². The summed E-state index contributed by atoms with van der Waals surface area (Å²) >= 11 is 7.16. The summed E-state index contributed by atoms with van der Waals surface area (Å²) in [6, 6.07) is 0. The quantitative estimate of drug-likeness (QED) is 0.301. The highest BCUT2D eigenvalue weighted by molar-refractivity contribution is 8.04. The van der Waals surface area contributed by atoms with Gasteiger partial charge in [-0.1, -0.05) is 27.7 Å².